The molecule has 15 heavy (non-hydrogen) atoms. The van der Waals surface area contributed by atoms with E-state index in [4.69, 9.17) is 5.26 Å². The fourth-order valence-electron chi connectivity index (χ4n) is 1.67. The molecule has 1 aliphatic carbocycles. The highest BCUT2D eigenvalue weighted by Gasteiger charge is 2.16. The summed E-state index contributed by atoms with van der Waals surface area (Å²) in [5.74, 6) is 0.443. The highest BCUT2D eigenvalue weighted by atomic mass is 32.2. The van der Waals surface area contributed by atoms with E-state index < -0.39 is 0 Å². The van der Waals surface area contributed by atoms with Crippen molar-refractivity contribution in [3.63, 3.8) is 0 Å². The molecule has 1 aromatic heterocycles. The lowest BCUT2D eigenvalue weighted by Gasteiger charge is -2.08. The molecule has 1 N–H and O–H groups in total. The molecule has 6 heteroatoms. The van der Waals surface area contributed by atoms with Crippen molar-refractivity contribution >= 4 is 28.2 Å². The molecule has 1 aliphatic rings. The van der Waals surface area contributed by atoms with Gasteiger partial charge in [-0.05, 0) is 12.8 Å². The summed E-state index contributed by atoms with van der Waals surface area (Å²) in [5.41, 5.74) is 0. The average Bonchev–Trinajstić information content (AvgIpc) is 2.87. The van der Waals surface area contributed by atoms with Crippen LogP contribution in [0.15, 0.2) is 4.34 Å². The lowest BCUT2D eigenvalue weighted by Crippen LogP contribution is -2.13. The lowest BCUT2D eigenvalue weighted by atomic mass is 10.3. The molecule has 0 bridgehead atoms. The van der Waals surface area contributed by atoms with Crippen molar-refractivity contribution < 1.29 is 0 Å². The van der Waals surface area contributed by atoms with Gasteiger partial charge in [0.1, 0.15) is 0 Å². The van der Waals surface area contributed by atoms with Crippen LogP contribution in [0.4, 0.5) is 5.13 Å². The van der Waals surface area contributed by atoms with E-state index >= 15 is 0 Å². The zero-order chi connectivity index (χ0) is 10.5. The van der Waals surface area contributed by atoms with Crippen molar-refractivity contribution in [1.29, 1.82) is 5.26 Å². The molecule has 0 aromatic carbocycles. The maximum Gasteiger partial charge on any atom is 0.206 e. The third kappa shape index (κ3) is 3.08. The fraction of sp³-hybridized carbons (Fsp3) is 0.667. The number of thioether (sulfide) groups is 1. The van der Waals surface area contributed by atoms with E-state index in [0.717, 1.165) is 9.47 Å². The van der Waals surface area contributed by atoms with Crippen LogP contribution in [0.25, 0.3) is 0 Å². The molecule has 0 radical (unpaired) electrons. The second-order valence-corrected chi connectivity index (χ2v) is 5.65. The van der Waals surface area contributed by atoms with Crippen LogP contribution >= 0.6 is 23.1 Å². The Morgan fingerprint density at radius 1 is 1.47 bits per heavy atom. The summed E-state index contributed by atoms with van der Waals surface area (Å²) < 4.78 is 0.872. The van der Waals surface area contributed by atoms with Crippen LogP contribution < -0.4 is 5.32 Å². The van der Waals surface area contributed by atoms with Crippen LogP contribution in [-0.4, -0.2) is 22.0 Å². The molecule has 1 fully saturated rings. The lowest BCUT2D eigenvalue weighted by molar-refractivity contribution is 0.751. The first-order valence-corrected chi connectivity index (χ1v) is 6.78. The van der Waals surface area contributed by atoms with Crippen molar-refractivity contribution in [3.8, 4) is 6.07 Å². The molecule has 2 rings (SSSR count). The van der Waals surface area contributed by atoms with Crippen LogP contribution in [-0.2, 0) is 0 Å². The molecule has 1 saturated carbocycles. The van der Waals surface area contributed by atoms with E-state index in [0.29, 0.717) is 11.8 Å². The van der Waals surface area contributed by atoms with Gasteiger partial charge in [-0.15, -0.1) is 10.2 Å². The third-order valence-corrected chi connectivity index (χ3v) is 4.20. The van der Waals surface area contributed by atoms with Crippen molar-refractivity contribution in [3.05, 3.63) is 0 Å². The summed E-state index contributed by atoms with van der Waals surface area (Å²) in [5, 5.41) is 20.8. The average molecular weight is 240 g/mol. The van der Waals surface area contributed by atoms with E-state index in [9.17, 15) is 0 Å². The van der Waals surface area contributed by atoms with E-state index in [1.54, 1.807) is 0 Å². The smallest absolute Gasteiger partial charge is 0.206 e. The molecule has 0 amide bonds. The maximum atomic E-state index is 8.43. The Morgan fingerprint density at radius 3 is 3.00 bits per heavy atom. The molecule has 0 atom stereocenters. The number of aromatic nitrogens is 2. The summed E-state index contributed by atoms with van der Waals surface area (Å²) in [4.78, 5) is 0. The summed E-state index contributed by atoms with van der Waals surface area (Å²) in [6.45, 7) is 0. The van der Waals surface area contributed by atoms with Gasteiger partial charge < -0.3 is 5.32 Å². The minimum absolute atomic E-state index is 0.443. The number of rotatable bonds is 4. The molecule has 0 aliphatic heterocycles. The Hall–Kier alpha value is -0.800. The highest BCUT2D eigenvalue weighted by molar-refractivity contribution is 8.01. The van der Waals surface area contributed by atoms with Crippen LogP contribution in [0.3, 0.4) is 0 Å². The largest absolute Gasteiger partial charge is 0.357 e. The van der Waals surface area contributed by atoms with Gasteiger partial charge in [0.05, 0.1) is 11.8 Å². The Labute approximate surface area is 97.1 Å². The SMILES string of the molecule is N#CCSc1nnc(NC2CCCC2)s1. The molecular formula is C9H12N4S2. The van der Waals surface area contributed by atoms with E-state index in [1.165, 1.54) is 48.8 Å². The normalized spacial score (nSPS) is 16.5. The van der Waals surface area contributed by atoms with Gasteiger partial charge in [0.15, 0.2) is 4.34 Å². The Kier molecular flexibility index (Phi) is 3.80. The standard InChI is InChI=1S/C9H12N4S2/c10-5-6-14-9-13-12-8(15-9)11-7-3-1-2-4-7/h7H,1-4,6H2,(H,11,12). The molecule has 4 nitrogen and oxygen atoms in total. The summed E-state index contributed by atoms with van der Waals surface area (Å²) in [7, 11) is 0. The molecule has 0 saturated heterocycles. The predicted molar refractivity (Wildman–Crippen MR) is 62.1 cm³/mol. The molecule has 1 heterocycles. The van der Waals surface area contributed by atoms with Crippen LogP contribution in [0.1, 0.15) is 25.7 Å². The van der Waals surface area contributed by atoms with E-state index in [1.807, 2.05) is 0 Å². The van der Waals surface area contributed by atoms with Crippen molar-refractivity contribution in [2.24, 2.45) is 0 Å². The van der Waals surface area contributed by atoms with Crippen molar-refractivity contribution in [2.75, 3.05) is 11.1 Å². The Morgan fingerprint density at radius 2 is 2.27 bits per heavy atom. The summed E-state index contributed by atoms with van der Waals surface area (Å²) in [6.07, 6.45) is 5.10. The topological polar surface area (TPSA) is 61.6 Å². The fourth-order valence-corrected chi connectivity index (χ4v) is 3.16. The third-order valence-electron chi connectivity index (χ3n) is 2.35. The number of nitriles is 1. The zero-order valence-corrected chi connectivity index (χ0v) is 9.90. The number of hydrogen-bond acceptors (Lipinski definition) is 6. The van der Waals surface area contributed by atoms with Crippen LogP contribution in [0, 0.1) is 11.3 Å². The second kappa shape index (κ2) is 5.33. The number of anilines is 1. The van der Waals surface area contributed by atoms with Gasteiger partial charge in [-0.25, -0.2) is 0 Å². The van der Waals surface area contributed by atoms with E-state index in [2.05, 4.69) is 21.6 Å². The van der Waals surface area contributed by atoms with Crippen molar-refractivity contribution in [1.82, 2.24) is 10.2 Å². The Bertz CT molecular complexity index is 351. The van der Waals surface area contributed by atoms with Gasteiger partial charge >= 0.3 is 0 Å². The summed E-state index contributed by atoms with van der Waals surface area (Å²) in [6, 6.07) is 2.66. The summed E-state index contributed by atoms with van der Waals surface area (Å²) >= 11 is 2.98. The van der Waals surface area contributed by atoms with Gasteiger partial charge in [-0.1, -0.05) is 35.9 Å². The number of nitrogens with one attached hydrogen (secondary N) is 1. The first-order valence-electron chi connectivity index (χ1n) is 4.98. The van der Waals surface area contributed by atoms with Gasteiger partial charge in [0.2, 0.25) is 5.13 Å². The van der Waals surface area contributed by atoms with Crippen molar-refractivity contribution in [2.45, 2.75) is 36.1 Å². The van der Waals surface area contributed by atoms with Gasteiger partial charge in [-0.3, -0.25) is 0 Å². The minimum atomic E-state index is 0.443. The molecule has 0 unspecified atom stereocenters. The molecule has 0 spiro atoms. The minimum Gasteiger partial charge on any atom is -0.357 e. The van der Waals surface area contributed by atoms with Crippen LogP contribution in [0.5, 0.6) is 0 Å². The quantitative estimate of drug-likeness (QED) is 0.819. The molecule has 1 aromatic rings. The second-order valence-electron chi connectivity index (χ2n) is 3.45. The first kappa shape index (κ1) is 10.7. The Balaban J connectivity index is 1.86. The van der Waals surface area contributed by atoms with Gasteiger partial charge in [0.25, 0.3) is 0 Å². The highest BCUT2D eigenvalue weighted by Crippen LogP contribution is 2.28. The molecule has 80 valence electrons. The first-order chi connectivity index (χ1) is 7.38. The van der Waals surface area contributed by atoms with E-state index in [-0.39, 0.29) is 0 Å². The van der Waals surface area contributed by atoms with Gasteiger partial charge in [-0.2, -0.15) is 5.26 Å². The zero-order valence-electron chi connectivity index (χ0n) is 8.27. The molecular weight excluding hydrogens is 228 g/mol. The number of hydrogen-bond donors (Lipinski definition) is 1. The monoisotopic (exact) mass is 240 g/mol. The van der Waals surface area contributed by atoms with Crippen LogP contribution in [0.2, 0.25) is 0 Å². The predicted octanol–water partition coefficient (Wildman–Crippen LogP) is 2.51. The maximum absolute atomic E-state index is 8.43. The number of nitrogens with zero attached hydrogens (tertiary/aromatic N) is 3. The van der Waals surface area contributed by atoms with Gasteiger partial charge in [0, 0.05) is 6.04 Å².